The van der Waals surface area contributed by atoms with Gasteiger partial charge in [0.1, 0.15) is 6.10 Å². The van der Waals surface area contributed by atoms with Gasteiger partial charge in [-0.25, -0.2) is 0 Å². The van der Waals surface area contributed by atoms with Gasteiger partial charge in [-0.1, -0.05) is 27.2 Å². The van der Waals surface area contributed by atoms with E-state index < -0.39 is 0 Å². The molecule has 0 aromatic rings. The van der Waals surface area contributed by atoms with Crippen molar-refractivity contribution in [2.45, 2.75) is 46.1 Å². The van der Waals surface area contributed by atoms with E-state index in [9.17, 15) is 0 Å². The average Bonchev–Trinajstić information content (AvgIpc) is 2.14. The molecule has 14 heavy (non-hydrogen) atoms. The molecule has 3 atom stereocenters. The zero-order chi connectivity index (χ0) is 10.6. The zero-order valence-electron chi connectivity index (χ0n) is 9.37. The number of hydrogen-bond donors (Lipinski definition) is 0. The molecule has 0 unspecified atom stereocenters. The zero-order valence-corrected chi connectivity index (χ0v) is 11.5. The molecule has 0 N–H and O–H groups in total. The molecule has 0 saturated heterocycles. The van der Waals surface area contributed by atoms with Gasteiger partial charge in [-0.15, -0.1) is 0 Å². The molecule has 1 aliphatic carbocycles. The van der Waals surface area contributed by atoms with Crippen molar-refractivity contribution in [1.29, 1.82) is 0 Å². The summed E-state index contributed by atoms with van der Waals surface area (Å²) in [6.45, 7) is 6.95. The highest BCUT2D eigenvalue weighted by molar-refractivity contribution is 14.1. The first-order valence-corrected chi connectivity index (χ1v) is 6.80. The number of halogens is 1. The van der Waals surface area contributed by atoms with Gasteiger partial charge >= 0.3 is 0 Å². The van der Waals surface area contributed by atoms with E-state index in [-0.39, 0.29) is 0 Å². The number of ether oxygens (including phenoxy) is 1. The monoisotopic (exact) mass is 308 g/mol. The van der Waals surface area contributed by atoms with E-state index in [2.05, 4.69) is 43.4 Å². The Morgan fingerprint density at radius 3 is 2.64 bits per heavy atom. The van der Waals surface area contributed by atoms with Crippen LogP contribution in [-0.4, -0.2) is 6.10 Å². The molecule has 2 heteroatoms. The molecular formula is C12H21IO. The van der Waals surface area contributed by atoms with Crippen molar-refractivity contribution >= 4 is 22.6 Å². The van der Waals surface area contributed by atoms with Crippen LogP contribution in [-0.2, 0) is 4.74 Å². The van der Waals surface area contributed by atoms with Crippen molar-refractivity contribution < 1.29 is 4.74 Å². The minimum atomic E-state index is 0.449. The predicted molar refractivity (Wildman–Crippen MR) is 69.4 cm³/mol. The van der Waals surface area contributed by atoms with E-state index in [1.165, 1.54) is 19.3 Å². The van der Waals surface area contributed by atoms with E-state index in [0.717, 1.165) is 17.8 Å². The first kappa shape index (κ1) is 12.3. The summed E-state index contributed by atoms with van der Waals surface area (Å²) in [5.41, 5.74) is 0. The fourth-order valence-electron chi connectivity index (χ4n) is 2.40. The third-order valence-electron chi connectivity index (χ3n) is 3.27. The molecule has 1 saturated carbocycles. The molecule has 0 spiro atoms. The standard InChI is InChI=1S/C12H21IO/c1-9(2)11-5-4-10(3)8-12(11)14-7-6-13/h6-7,9-12H,4-5,8H2,1-3H3/b7-6-/t10-,11+,12-/m0/s1. The van der Waals surface area contributed by atoms with Gasteiger partial charge in [-0.3, -0.25) is 0 Å². The molecule has 1 fully saturated rings. The highest BCUT2D eigenvalue weighted by atomic mass is 127. The van der Waals surface area contributed by atoms with Crippen LogP contribution in [0.1, 0.15) is 40.0 Å². The first-order valence-electron chi connectivity index (χ1n) is 5.55. The normalized spacial score (nSPS) is 33.9. The van der Waals surface area contributed by atoms with Crippen molar-refractivity contribution in [2.75, 3.05) is 0 Å². The van der Waals surface area contributed by atoms with Gasteiger partial charge in [0.25, 0.3) is 0 Å². The Balaban J connectivity index is 2.54. The van der Waals surface area contributed by atoms with Gasteiger partial charge in [0.2, 0.25) is 0 Å². The highest BCUT2D eigenvalue weighted by Gasteiger charge is 2.31. The molecule has 0 amide bonds. The molecule has 1 aliphatic rings. The maximum absolute atomic E-state index is 5.79. The van der Waals surface area contributed by atoms with Crippen LogP contribution in [0.2, 0.25) is 0 Å². The lowest BCUT2D eigenvalue weighted by Gasteiger charge is -2.36. The maximum Gasteiger partial charge on any atom is 0.101 e. The quantitative estimate of drug-likeness (QED) is 0.556. The summed E-state index contributed by atoms with van der Waals surface area (Å²) in [5, 5.41) is 0. The molecular weight excluding hydrogens is 287 g/mol. The average molecular weight is 308 g/mol. The maximum atomic E-state index is 5.79. The van der Waals surface area contributed by atoms with Crippen molar-refractivity contribution in [2.24, 2.45) is 17.8 Å². The summed E-state index contributed by atoms with van der Waals surface area (Å²) in [4.78, 5) is 0. The smallest absolute Gasteiger partial charge is 0.101 e. The Bertz CT molecular complexity index is 189. The van der Waals surface area contributed by atoms with Gasteiger partial charge in [0.05, 0.1) is 6.26 Å². The molecule has 1 nitrogen and oxygen atoms in total. The van der Waals surface area contributed by atoms with Crippen LogP contribution in [0.25, 0.3) is 0 Å². The molecule has 0 radical (unpaired) electrons. The molecule has 0 aliphatic heterocycles. The molecule has 0 aromatic heterocycles. The van der Waals surface area contributed by atoms with Crippen LogP contribution in [0.5, 0.6) is 0 Å². The van der Waals surface area contributed by atoms with Gasteiger partial charge in [-0.05, 0) is 53.2 Å². The van der Waals surface area contributed by atoms with Gasteiger partial charge in [0, 0.05) is 4.08 Å². The lowest BCUT2D eigenvalue weighted by molar-refractivity contribution is 0.0139. The predicted octanol–water partition coefficient (Wildman–Crippen LogP) is 4.37. The van der Waals surface area contributed by atoms with Crippen molar-refractivity contribution in [1.82, 2.24) is 0 Å². The van der Waals surface area contributed by atoms with Crippen LogP contribution >= 0.6 is 22.6 Å². The van der Waals surface area contributed by atoms with Crippen molar-refractivity contribution in [3.05, 3.63) is 10.3 Å². The van der Waals surface area contributed by atoms with Gasteiger partial charge < -0.3 is 4.74 Å². The fraction of sp³-hybridized carbons (Fsp3) is 0.833. The minimum Gasteiger partial charge on any atom is -0.497 e. The first-order chi connectivity index (χ1) is 6.65. The van der Waals surface area contributed by atoms with E-state index in [0.29, 0.717) is 6.10 Å². The van der Waals surface area contributed by atoms with E-state index in [1.54, 1.807) is 0 Å². The minimum absolute atomic E-state index is 0.449. The lowest BCUT2D eigenvalue weighted by Crippen LogP contribution is -2.33. The van der Waals surface area contributed by atoms with Crippen LogP contribution in [0, 0.1) is 17.8 Å². The molecule has 0 aromatic carbocycles. The topological polar surface area (TPSA) is 9.23 Å². The Hall–Kier alpha value is 0.270. The van der Waals surface area contributed by atoms with E-state index in [4.69, 9.17) is 4.74 Å². The Morgan fingerprint density at radius 1 is 1.36 bits per heavy atom. The second-order valence-corrected chi connectivity index (χ2v) is 5.48. The van der Waals surface area contributed by atoms with E-state index in [1.807, 2.05) is 10.3 Å². The van der Waals surface area contributed by atoms with Crippen molar-refractivity contribution in [3.8, 4) is 0 Å². The lowest BCUT2D eigenvalue weighted by atomic mass is 9.75. The van der Waals surface area contributed by atoms with Crippen LogP contribution in [0.3, 0.4) is 0 Å². The third kappa shape index (κ3) is 3.44. The number of hydrogen-bond acceptors (Lipinski definition) is 1. The third-order valence-corrected chi connectivity index (χ3v) is 3.56. The van der Waals surface area contributed by atoms with E-state index >= 15 is 0 Å². The summed E-state index contributed by atoms with van der Waals surface area (Å²) >= 11 is 2.21. The molecule has 82 valence electrons. The molecule has 0 heterocycles. The Labute approximate surface area is 101 Å². The highest BCUT2D eigenvalue weighted by Crippen LogP contribution is 2.35. The second-order valence-electron chi connectivity index (χ2n) is 4.76. The summed E-state index contributed by atoms with van der Waals surface area (Å²) in [6, 6.07) is 0. The molecule has 1 rings (SSSR count). The summed E-state index contributed by atoms with van der Waals surface area (Å²) < 4.78 is 7.74. The molecule has 0 bridgehead atoms. The Kier molecular flexibility index (Phi) is 5.28. The van der Waals surface area contributed by atoms with Gasteiger partial charge in [0.15, 0.2) is 0 Å². The fourth-order valence-corrected chi connectivity index (χ4v) is 2.57. The van der Waals surface area contributed by atoms with Crippen molar-refractivity contribution in [3.63, 3.8) is 0 Å². The van der Waals surface area contributed by atoms with Crippen LogP contribution in [0.15, 0.2) is 10.3 Å². The number of rotatable bonds is 3. The second kappa shape index (κ2) is 5.99. The Morgan fingerprint density at radius 2 is 2.07 bits per heavy atom. The summed E-state index contributed by atoms with van der Waals surface area (Å²) in [7, 11) is 0. The van der Waals surface area contributed by atoms with Crippen LogP contribution in [0.4, 0.5) is 0 Å². The van der Waals surface area contributed by atoms with Crippen LogP contribution < -0.4 is 0 Å². The SMILES string of the molecule is CC(C)[C@H]1CC[C@H](C)C[C@@H]1O/C=C\I. The largest absolute Gasteiger partial charge is 0.497 e. The summed E-state index contributed by atoms with van der Waals surface area (Å²) in [5.74, 6) is 2.33. The summed E-state index contributed by atoms with van der Waals surface area (Å²) in [6.07, 6.45) is 6.22. The van der Waals surface area contributed by atoms with Gasteiger partial charge in [-0.2, -0.15) is 0 Å².